The van der Waals surface area contributed by atoms with Crippen LogP contribution in [-0.4, -0.2) is 4.98 Å². The lowest BCUT2D eigenvalue weighted by atomic mass is 10.2. The number of para-hydroxylation sites is 1. The summed E-state index contributed by atoms with van der Waals surface area (Å²) in [4.78, 5) is 5.74. The summed E-state index contributed by atoms with van der Waals surface area (Å²) >= 11 is 1.73. The second-order valence-electron chi connectivity index (χ2n) is 3.63. The van der Waals surface area contributed by atoms with Gasteiger partial charge in [0.1, 0.15) is 16.9 Å². The van der Waals surface area contributed by atoms with Gasteiger partial charge in [0.15, 0.2) is 0 Å². The predicted molar refractivity (Wildman–Crippen MR) is 66.7 cm³/mol. The molecule has 0 unspecified atom stereocenters. The molecule has 0 aliphatic carbocycles. The smallest absolute Gasteiger partial charge is 0.134 e. The molecule has 2 heterocycles. The van der Waals surface area contributed by atoms with E-state index in [9.17, 15) is 0 Å². The van der Waals surface area contributed by atoms with Crippen molar-refractivity contribution in [3.8, 4) is 10.6 Å². The highest BCUT2D eigenvalue weighted by Gasteiger charge is 2.10. The number of fused-ring (bicyclic) bond motifs is 1. The van der Waals surface area contributed by atoms with Crippen molar-refractivity contribution in [3.63, 3.8) is 0 Å². The minimum absolute atomic E-state index is 0.922. The number of aromatic nitrogens is 1. The van der Waals surface area contributed by atoms with Gasteiger partial charge in [0.25, 0.3) is 0 Å². The van der Waals surface area contributed by atoms with Gasteiger partial charge in [-0.05, 0) is 12.5 Å². The SMILES string of the molecule is CCc1cnc(-c2coc3ccccc23)s1. The first-order chi connectivity index (χ1) is 7.88. The third kappa shape index (κ3) is 1.44. The average molecular weight is 229 g/mol. The van der Waals surface area contributed by atoms with Crippen molar-refractivity contribution in [2.75, 3.05) is 0 Å². The Morgan fingerprint density at radius 1 is 1.31 bits per heavy atom. The Bertz CT molecular complexity index is 623. The lowest BCUT2D eigenvalue weighted by Crippen LogP contribution is -1.70. The van der Waals surface area contributed by atoms with Gasteiger partial charge in [0.2, 0.25) is 0 Å². The molecule has 3 heteroatoms. The summed E-state index contributed by atoms with van der Waals surface area (Å²) in [6.07, 6.45) is 4.78. The highest BCUT2D eigenvalue weighted by molar-refractivity contribution is 7.15. The van der Waals surface area contributed by atoms with Crippen LogP contribution in [0.1, 0.15) is 11.8 Å². The Morgan fingerprint density at radius 3 is 3.00 bits per heavy atom. The van der Waals surface area contributed by atoms with Crippen LogP contribution in [0.2, 0.25) is 0 Å². The van der Waals surface area contributed by atoms with Crippen molar-refractivity contribution in [3.05, 3.63) is 41.6 Å². The van der Waals surface area contributed by atoms with Crippen molar-refractivity contribution in [2.45, 2.75) is 13.3 Å². The number of benzene rings is 1. The van der Waals surface area contributed by atoms with Crippen LogP contribution in [0.4, 0.5) is 0 Å². The molecule has 2 aromatic heterocycles. The zero-order valence-corrected chi connectivity index (χ0v) is 9.75. The van der Waals surface area contributed by atoms with Gasteiger partial charge < -0.3 is 4.42 Å². The average Bonchev–Trinajstić information content (AvgIpc) is 2.94. The molecular weight excluding hydrogens is 218 g/mol. The van der Waals surface area contributed by atoms with E-state index in [2.05, 4.69) is 18.0 Å². The number of nitrogens with zero attached hydrogens (tertiary/aromatic N) is 1. The first-order valence-electron chi connectivity index (χ1n) is 5.30. The Kier molecular flexibility index (Phi) is 2.26. The van der Waals surface area contributed by atoms with Crippen LogP contribution in [0.3, 0.4) is 0 Å². The number of thiazole rings is 1. The summed E-state index contributed by atoms with van der Waals surface area (Å²) in [6, 6.07) is 8.05. The molecule has 16 heavy (non-hydrogen) atoms. The number of rotatable bonds is 2. The fourth-order valence-electron chi connectivity index (χ4n) is 1.74. The van der Waals surface area contributed by atoms with Gasteiger partial charge in [0.05, 0.1) is 5.56 Å². The maximum Gasteiger partial charge on any atom is 0.134 e. The van der Waals surface area contributed by atoms with Gasteiger partial charge in [-0.15, -0.1) is 11.3 Å². The van der Waals surface area contributed by atoms with E-state index >= 15 is 0 Å². The molecule has 0 atom stereocenters. The van der Waals surface area contributed by atoms with Crippen molar-refractivity contribution in [2.24, 2.45) is 0 Å². The van der Waals surface area contributed by atoms with Gasteiger partial charge in [-0.25, -0.2) is 4.98 Å². The fraction of sp³-hybridized carbons (Fsp3) is 0.154. The molecular formula is C13H11NOS. The number of aryl methyl sites for hydroxylation is 1. The third-order valence-corrected chi connectivity index (χ3v) is 3.79. The predicted octanol–water partition coefficient (Wildman–Crippen LogP) is 4.12. The second kappa shape index (κ2) is 3.76. The molecule has 0 N–H and O–H groups in total. The maximum absolute atomic E-state index is 5.51. The van der Waals surface area contributed by atoms with Gasteiger partial charge >= 0.3 is 0 Å². The van der Waals surface area contributed by atoms with Crippen LogP contribution in [0, 0.1) is 0 Å². The monoisotopic (exact) mass is 229 g/mol. The van der Waals surface area contributed by atoms with Crippen molar-refractivity contribution in [1.82, 2.24) is 4.98 Å². The Balaban J connectivity index is 2.18. The summed E-state index contributed by atoms with van der Waals surface area (Å²) in [7, 11) is 0. The van der Waals surface area contributed by atoms with Crippen LogP contribution in [0.5, 0.6) is 0 Å². The number of hydrogen-bond acceptors (Lipinski definition) is 3. The molecule has 0 fully saturated rings. The van der Waals surface area contributed by atoms with Crippen molar-refractivity contribution in [1.29, 1.82) is 0 Å². The highest BCUT2D eigenvalue weighted by atomic mass is 32.1. The molecule has 0 bridgehead atoms. The zero-order chi connectivity index (χ0) is 11.0. The largest absolute Gasteiger partial charge is 0.464 e. The molecule has 0 saturated carbocycles. The van der Waals surface area contributed by atoms with E-state index in [1.807, 2.05) is 24.4 Å². The molecule has 0 radical (unpaired) electrons. The van der Waals surface area contributed by atoms with E-state index in [1.165, 1.54) is 4.88 Å². The summed E-state index contributed by atoms with van der Waals surface area (Å²) in [6.45, 7) is 2.14. The molecule has 3 rings (SSSR count). The van der Waals surface area contributed by atoms with Crippen LogP contribution >= 0.6 is 11.3 Å². The topological polar surface area (TPSA) is 26.0 Å². The van der Waals surface area contributed by atoms with Crippen LogP contribution in [0.25, 0.3) is 21.5 Å². The van der Waals surface area contributed by atoms with E-state index < -0.39 is 0 Å². The Hall–Kier alpha value is -1.61. The van der Waals surface area contributed by atoms with Crippen molar-refractivity contribution < 1.29 is 4.42 Å². The second-order valence-corrected chi connectivity index (χ2v) is 4.75. The minimum Gasteiger partial charge on any atom is -0.464 e. The van der Waals surface area contributed by atoms with Crippen LogP contribution in [0.15, 0.2) is 41.1 Å². The molecule has 2 nitrogen and oxygen atoms in total. The molecule has 0 aliphatic rings. The quantitative estimate of drug-likeness (QED) is 0.660. The first-order valence-corrected chi connectivity index (χ1v) is 6.11. The van der Waals surface area contributed by atoms with Crippen molar-refractivity contribution >= 4 is 22.3 Å². The van der Waals surface area contributed by atoms with Gasteiger partial charge in [-0.3, -0.25) is 0 Å². The van der Waals surface area contributed by atoms with Gasteiger partial charge in [0, 0.05) is 16.5 Å². The molecule has 3 aromatic rings. The van der Waals surface area contributed by atoms with E-state index in [4.69, 9.17) is 4.42 Å². The van der Waals surface area contributed by atoms with Gasteiger partial charge in [-0.1, -0.05) is 25.1 Å². The van der Waals surface area contributed by atoms with E-state index in [-0.39, 0.29) is 0 Å². The van der Waals surface area contributed by atoms with E-state index in [0.717, 1.165) is 28.0 Å². The van der Waals surface area contributed by atoms with Crippen LogP contribution < -0.4 is 0 Å². The molecule has 1 aromatic carbocycles. The first kappa shape index (κ1) is 9.60. The molecule has 0 spiro atoms. The zero-order valence-electron chi connectivity index (χ0n) is 8.93. The highest BCUT2D eigenvalue weighted by Crippen LogP contribution is 2.33. The summed E-state index contributed by atoms with van der Waals surface area (Å²) < 4.78 is 5.51. The fourth-order valence-corrected chi connectivity index (χ4v) is 2.61. The molecule has 0 saturated heterocycles. The maximum atomic E-state index is 5.51. The number of furan rings is 1. The summed E-state index contributed by atoms with van der Waals surface area (Å²) in [5, 5.41) is 2.18. The van der Waals surface area contributed by atoms with E-state index in [0.29, 0.717) is 0 Å². The van der Waals surface area contributed by atoms with Crippen LogP contribution in [-0.2, 0) is 6.42 Å². The minimum atomic E-state index is 0.922. The molecule has 0 aliphatic heterocycles. The Morgan fingerprint density at radius 2 is 2.19 bits per heavy atom. The molecule has 80 valence electrons. The summed E-state index contributed by atoms with van der Waals surface area (Å²) in [5.74, 6) is 0. The van der Waals surface area contributed by atoms with E-state index in [1.54, 1.807) is 17.6 Å². The van der Waals surface area contributed by atoms with Gasteiger partial charge in [-0.2, -0.15) is 0 Å². The summed E-state index contributed by atoms with van der Waals surface area (Å²) in [5.41, 5.74) is 2.02. The normalized spacial score (nSPS) is 11.1. The standard InChI is InChI=1S/C13H11NOS/c1-2-9-7-14-13(16-9)11-8-15-12-6-4-3-5-10(11)12/h3-8H,2H2,1H3. The third-order valence-electron chi connectivity index (χ3n) is 2.61. The lowest BCUT2D eigenvalue weighted by Gasteiger charge is -1.90. The Labute approximate surface area is 97.6 Å². The lowest BCUT2D eigenvalue weighted by molar-refractivity contribution is 0.617. The molecule has 0 amide bonds. The number of hydrogen-bond donors (Lipinski definition) is 0.